The van der Waals surface area contributed by atoms with Crippen LogP contribution >= 0.6 is 11.3 Å². The Morgan fingerprint density at radius 2 is 1.68 bits per heavy atom. The average molecular weight is 452 g/mol. The van der Waals surface area contributed by atoms with Crippen LogP contribution in [0.2, 0.25) is 0 Å². The molecule has 0 aliphatic carbocycles. The Balaban J connectivity index is 1.64. The van der Waals surface area contributed by atoms with Gasteiger partial charge in [0.15, 0.2) is 4.80 Å². The molecule has 0 unspecified atom stereocenters. The van der Waals surface area contributed by atoms with Gasteiger partial charge in [-0.05, 0) is 61.9 Å². The van der Waals surface area contributed by atoms with Gasteiger partial charge in [-0.1, -0.05) is 41.2 Å². The van der Waals surface area contributed by atoms with Gasteiger partial charge in [-0.2, -0.15) is 4.99 Å². The van der Waals surface area contributed by atoms with Crippen molar-refractivity contribution >= 4 is 43.2 Å². The Morgan fingerprint density at radius 3 is 2.42 bits per heavy atom. The van der Waals surface area contributed by atoms with Crippen LogP contribution in [0.3, 0.4) is 0 Å². The average Bonchev–Trinajstić information content (AvgIpc) is 3.02. The number of aromatic nitrogens is 1. The molecule has 0 spiro atoms. The molecule has 0 radical (unpaired) electrons. The van der Waals surface area contributed by atoms with Gasteiger partial charge in [-0.15, -0.1) is 0 Å². The molecule has 1 heterocycles. The molecule has 0 atom stereocenters. The smallest absolute Gasteiger partial charge is 0.279 e. The van der Waals surface area contributed by atoms with E-state index in [1.54, 1.807) is 42.5 Å². The number of aryl methyl sites for hydroxylation is 3. The van der Waals surface area contributed by atoms with Crippen molar-refractivity contribution in [1.82, 2.24) is 4.57 Å². The first-order valence-electron chi connectivity index (χ1n) is 9.58. The van der Waals surface area contributed by atoms with Crippen LogP contribution in [0, 0.1) is 13.8 Å². The molecular formula is C23H21N3O3S2. The molecule has 6 nitrogen and oxygen atoms in total. The minimum absolute atomic E-state index is 0.159. The summed E-state index contributed by atoms with van der Waals surface area (Å²) < 4.78 is 30.7. The van der Waals surface area contributed by atoms with Gasteiger partial charge >= 0.3 is 0 Å². The van der Waals surface area contributed by atoms with E-state index in [9.17, 15) is 13.2 Å². The molecule has 0 bridgehead atoms. The Morgan fingerprint density at radius 1 is 0.968 bits per heavy atom. The zero-order valence-electron chi connectivity index (χ0n) is 17.3. The lowest BCUT2D eigenvalue weighted by atomic mass is 10.2. The summed E-state index contributed by atoms with van der Waals surface area (Å²) in [6.45, 7) is 3.91. The van der Waals surface area contributed by atoms with Gasteiger partial charge in [-0.25, -0.2) is 8.42 Å². The number of carbonyl (C=O) groups is 1. The highest BCUT2D eigenvalue weighted by Gasteiger charge is 2.15. The van der Waals surface area contributed by atoms with Crippen LogP contribution in [-0.4, -0.2) is 18.9 Å². The third-order valence-corrected chi connectivity index (χ3v) is 7.35. The number of sulfonamides is 1. The highest BCUT2D eigenvalue weighted by atomic mass is 32.2. The van der Waals surface area contributed by atoms with Crippen molar-refractivity contribution in [2.24, 2.45) is 12.0 Å². The van der Waals surface area contributed by atoms with E-state index in [1.807, 2.05) is 37.6 Å². The number of hydrogen-bond acceptors (Lipinski definition) is 4. The maximum absolute atomic E-state index is 12.8. The number of fused-ring (bicyclic) bond motifs is 1. The zero-order chi connectivity index (χ0) is 22.2. The molecule has 1 N–H and O–H groups in total. The number of amides is 1. The Labute approximate surface area is 184 Å². The number of benzene rings is 3. The highest BCUT2D eigenvalue weighted by Crippen LogP contribution is 2.20. The van der Waals surface area contributed by atoms with Crippen molar-refractivity contribution in [3.05, 3.63) is 88.2 Å². The third kappa shape index (κ3) is 4.45. The van der Waals surface area contributed by atoms with E-state index in [4.69, 9.17) is 0 Å². The van der Waals surface area contributed by atoms with Crippen LogP contribution in [0.4, 0.5) is 5.69 Å². The number of nitrogens with zero attached hydrogens (tertiary/aromatic N) is 2. The standard InChI is InChI=1S/C23H21N3O3S2/c1-15-7-10-19(11-8-15)31(28,29)25-18-6-4-5-17(14-18)22(27)24-23-26(3)20-12-9-16(2)13-21(20)30-23/h4-14,25H,1-3H3. The fraction of sp³-hybridized carbons (Fsp3) is 0.130. The summed E-state index contributed by atoms with van der Waals surface area (Å²) in [5.41, 5.74) is 3.72. The predicted octanol–water partition coefficient (Wildman–Crippen LogP) is 4.40. The molecule has 31 heavy (non-hydrogen) atoms. The van der Waals surface area contributed by atoms with Crippen LogP contribution in [-0.2, 0) is 17.1 Å². The summed E-state index contributed by atoms with van der Waals surface area (Å²) in [7, 11) is -1.89. The van der Waals surface area contributed by atoms with E-state index in [0.29, 0.717) is 16.1 Å². The van der Waals surface area contributed by atoms with Gasteiger partial charge in [0, 0.05) is 18.3 Å². The van der Waals surface area contributed by atoms with Crippen LogP contribution in [0.25, 0.3) is 10.2 Å². The molecular weight excluding hydrogens is 430 g/mol. The van der Waals surface area contributed by atoms with Crippen LogP contribution in [0.5, 0.6) is 0 Å². The van der Waals surface area contributed by atoms with Crippen molar-refractivity contribution in [1.29, 1.82) is 0 Å². The van der Waals surface area contributed by atoms with Crippen molar-refractivity contribution in [2.45, 2.75) is 18.7 Å². The topological polar surface area (TPSA) is 80.5 Å². The fourth-order valence-electron chi connectivity index (χ4n) is 3.15. The molecule has 0 fully saturated rings. The van der Waals surface area contributed by atoms with E-state index in [1.165, 1.54) is 17.4 Å². The van der Waals surface area contributed by atoms with Crippen molar-refractivity contribution in [3.8, 4) is 0 Å². The van der Waals surface area contributed by atoms with E-state index < -0.39 is 15.9 Å². The molecule has 158 valence electrons. The minimum Gasteiger partial charge on any atom is -0.319 e. The molecule has 0 saturated carbocycles. The molecule has 0 saturated heterocycles. The van der Waals surface area contributed by atoms with Gasteiger partial charge in [0.05, 0.1) is 15.1 Å². The summed E-state index contributed by atoms with van der Waals surface area (Å²) in [4.78, 5) is 17.8. The van der Waals surface area contributed by atoms with Crippen molar-refractivity contribution in [2.75, 3.05) is 4.72 Å². The molecule has 0 aliphatic heterocycles. The van der Waals surface area contributed by atoms with Gasteiger partial charge in [0.2, 0.25) is 0 Å². The van der Waals surface area contributed by atoms with E-state index in [-0.39, 0.29) is 4.90 Å². The molecule has 0 aliphatic rings. The molecule has 4 aromatic rings. The maximum Gasteiger partial charge on any atom is 0.279 e. The Hall–Kier alpha value is -3.23. The number of anilines is 1. The normalized spacial score (nSPS) is 12.3. The second-order valence-corrected chi connectivity index (χ2v) is 10.0. The van der Waals surface area contributed by atoms with Gasteiger partial charge in [0.25, 0.3) is 15.9 Å². The van der Waals surface area contributed by atoms with Gasteiger partial charge in [-0.3, -0.25) is 9.52 Å². The number of rotatable bonds is 4. The Bertz CT molecular complexity index is 1460. The predicted molar refractivity (Wildman–Crippen MR) is 124 cm³/mol. The zero-order valence-corrected chi connectivity index (χ0v) is 18.9. The monoisotopic (exact) mass is 451 g/mol. The van der Waals surface area contributed by atoms with Gasteiger partial charge in [0.1, 0.15) is 0 Å². The molecule has 1 aromatic heterocycles. The van der Waals surface area contributed by atoms with Crippen LogP contribution < -0.4 is 9.52 Å². The second kappa shape index (κ2) is 8.13. The Kier molecular flexibility index (Phi) is 5.51. The first-order chi connectivity index (χ1) is 14.7. The molecule has 1 amide bonds. The highest BCUT2D eigenvalue weighted by molar-refractivity contribution is 7.92. The molecule has 8 heteroatoms. The third-order valence-electron chi connectivity index (χ3n) is 4.86. The molecule has 3 aromatic carbocycles. The first kappa shape index (κ1) is 21.0. The number of carbonyl (C=O) groups excluding carboxylic acids is 1. The SMILES string of the molecule is Cc1ccc(S(=O)(=O)Nc2cccc(C(=O)N=c3sc4cc(C)ccc4n3C)c2)cc1. The first-order valence-corrected chi connectivity index (χ1v) is 11.9. The number of hydrogen-bond donors (Lipinski definition) is 1. The van der Waals surface area contributed by atoms with Crippen molar-refractivity contribution < 1.29 is 13.2 Å². The summed E-state index contributed by atoms with van der Waals surface area (Å²) >= 11 is 1.44. The van der Waals surface area contributed by atoms with Crippen LogP contribution in [0.1, 0.15) is 21.5 Å². The fourth-order valence-corrected chi connectivity index (χ4v) is 5.31. The lowest BCUT2D eigenvalue weighted by Gasteiger charge is -2.09. The van der Waals surface area contributed by atoms with E-state index in [0.717, 1.165) is 21.3 Å². The summed E-state index contributed by atoms with van der Waals surface area (Å²) in [5, 5.41) is 0. The minimum atomic E-state index is -3.75. The van der Waals surface area contributed by atoms with E-state index >= 15 is 0 Å². The quantitative estimate of drug-likeness (QED) is 0.499. The van der Waals surface area contributed by atoms with Crippen molar-refractivity contribution in [3.63, 3.8) is 0 Å². The lowest BCUT2D eigenvalue weighted by molar-refractivity contribution is 0.0998. The molecule has 4 rings (SSSR count). The van der Waals surface area contributed by atoms with E-state index in [2.05, 4.69) is 15.8 Å². The maximum atomic E-state index is 12.8. The lowest BCUT2D eigenvalue weighted by Crippen LogP contribution is -2.14. The van der Waals surface area contributed by atoms with Crippen LogP contribution in [0.15, 0.2) is 76.6 Å². The summed E-state index contributed by atoms with van der Waals surface area (Å²) in [6.07, 6.45) is 0. The summed E-state index contributed by atoms with van der Waals surface area (Å²) in [5.74, 6) is -0.435. The largest absolute Gasteiger partial charge is 0.319 e. The van der Waals surface area contributed by atoms with Gasteiger partial charge < -0.3 is 4.57 Å². The summed E-state index contributed by atoms with van der Waals surface area (Å²) in [6, 6.07) is 19.0. The number of thiazole rings is 1. The number of nitrogens with one attached hydrogen (secondary N) is 1. The second-order valence-electron chi connectivity index (χ2n) is 7.33.